The first-order chi connectivity index (χ1) is 13.3. The molecule has 28 heavy (non-hydrogen) atoms. The van der Waals surface area contributed by atoms with E-state index < -0.39 is 0 Å². The molecule has 0 spiro atoms. The van der Waals surface area contributed by atoms with Crippen molar-refractivity contribution in [1.29, 1.82) is 0 Å². The van der Waals surface area contributed by atoms with Gasteiger partial charge in [0.15, 0.2) is 5.96 Å². The Morgan fingerprint density at radius 3 is 2.89 bits per heavy atom. The SMILES string of the molecule is CCCOc1cccc(CCNC(=NC)NC2CCOc3ccccc32)c1.I. The molecule has 0 radical (unpaired) electrons. The summed E-state index contributed by atoms with van der Waals surface area (Å²) >= 11 is 0. The lowest BCUT2D eigenvalue weighted by atomic mass is 10.0. The van der Waals surface area contributed by atoms with Crippen LogP contribution >= 0.6 is 24.0 Å². The number of ether oxygens (including phenoxy) is 2. The van der Waals surface area contributed by atoms with Crippen LogP contribution in [0.5, 0.6) is 11.5 Å². The first kappa shape index (κ1) is 22.3. The van der Waals surface area contributed by atoms with E-state index in [1.807, 2.05) is 30.3 Å². The fraction of sp³-hybridized carbons (Fsp3) is 0.409. The fourth-order valence-electron chi connectivity index (χ4n) is 3.19. The highest BCUT2D eigenvalue weighted by Gasteiger charge is 2.21. The summed E-state index contributed by atoms with van der Waals surface area (Å²) in [4.78, 5) is 4.37. The van der Waals surface area contributed by atoms with Gasteiger partial charge < -0.3 is 20.1 Å². The summed E-state index contributed by atoms with van der Waals surface area (Å²) in [5.74, 6) is 2.71. The molecule has 0 bridgehead atoms. The Kier molecular flexibility index (Phi) is 9.40. The molecule has 3 rings (SSSR count). The Hall–Kier alpha value is -1.96. The van der Waals surface area contributed by atoms with E-state index in [0.717, 1.165) is 56.5 Å². The van der Waals surface area contributed by atoms with Gasteiger partial charge in [-0.3, -0.25) is 4.99 Å². The summed E-state index contributed by atoms with van der Waals surface area (Å²) in [6, 6.07) is 16.7. The highest BCUT2D eigenvalue weighted by molar-refractivity contribution is 14.0. The predicted molar refractivity (Wildman–Crippen MR) is 125 cm³/mol. The molecule has 0 saturated heterocycles. The predicted octanol–water partition coefficient (Wildman–Crippen LogP) is 4.32. The second-order valence-electron chi connectivity index (χ2n) is 6.62. The molecule has 1 heterocycles. The van der Waals surface area contributed by atoms with E-state index in [-0.39, 0.29) is 30.0 Å². The average molecular weight is 495 g/mol. The second kappa shape index (κ2) is 11.8. The van der Waals surface area contributed by atoms with Crippen LogP contribution in [0.3, 0.4) is 0 Å². The Morgan fingerprint density at radius 2 is 2.07 bits per heavy atom. The van der Waals surface area contributed by atoms with E-state index in [4.69, 9.17) is 9.47 Å². The van der Waals surface area contributed by atoms with Crippen molar-refractivity contribution >= 4 is 29.9 Å². The number of nitrogens with one attached hydrogen (secondary N) is 2. The van der Waals surface area contributed by atoms with Crippen molar-refractivity contribution < 1.29 is 9.47 Å². The van der Waals surface area contributed by atoms with Crippen LogP contribution in [0.2, 0.25) is 0 Å². The molecule has 6 heteroatoms. The molecule has 0 saturated carbocycles. The van der Waals surface area contributed by atoms with Crippen LogP contribution in [0.4, 0.5) is 0 Å². The molecular formula is C22H30IN3O2. The Balaban J connectivity index is 0.00000280. The van der Waals surface area contributed by atoms with Crippen LogP contribution in [-0.4, -0.2) is 32.8 Å². The lowest BCUT2D eigenvalue weighted by Crippen LogP contribution is -2.41. The zero-order valence-electron chi connectivity index (χ0n) is 16.6. The summed E-state index contributed by atoms with van der Waals surface area (Å²) in [5.41, 5.74) is 2.44. The number of hydrogen-bond donors (Lipinski definition) is 2. The summed E-state index contributed by atoms with van der Waals surface area (Å²) in [6.45, 7) is 4.39. The minimum atomic E-state index is 0. The number of halogens is 1. The maximum atomic E-state index is 5.73. The third-order valence-corrected chi connectivity index (χ3v) is 4.57. The van der Waals surface area contributed by atoms with Gasteiger partial charge in [-0.2, -0.15) is 0 Å². The Bertz CT molecular complexity index is 767. The van der Waals surface area contributed by atoms with Gasteiger partial charge in [-0.1, -0.05) is 37.3 Å². The van der Waals surface area contributed by atoms with Crippen molar-refractivity contribution in [2.75, 3.05) is 26.8 Å². The zero-order chi connectivity index (χ0) is 18.9. The lowest BCUT2D eigenvalue weighted by molar-refractivity contribution is 0.261. The molecule has 0 aromatic heterocycles. The molecule has 0 aliphatic carbocycles. The van der Waals surface area contributed by atoms with Crippen LogP contribution < -0.4 is 20.1 Å². The molecule has 1 aliphatic heterocycles. The molecule has 2 aromatic rings. The Labute approximate surface area is 184 Å². The third-order valence-electron chi connectivity index (χ3n) is 4.57. The van der Waals surface area contributed by atoms with Gasteiger partial charge in [-0.05, 0) is 36.6 Å². The smallest absolute Gasteiger partial charge is 0.191 e. The normalized spacial score (nSPS) is 15.6. The maximum absolute atomic E-state index is 5.73. The number of benzene rings is 2. The number of nitrogens with zero attached hydrogens (tertiary/aromatic N) is 1. The average Bonchev–Trinajstić information content (AvgIpc) is 2.72. The van der Waals surface area contributed by atoms with Crippen LogP contribution in [0.1, 0.15) is 36.9 Å². The summed E-state index contributed by atoms with van der Waals surface area (Å²) in [7, 11) is 1.81. The van der Waals surface area contributed by atoms with Gasteiger partial charge in [-0.15, -0.1) is 24.0 Å². The van der Waals surface area contributed by atoms with Gasteiger partial charge in [0.2, 0.25) is 0 Å². The Morgan fingerprint density at radius 1 is 1.21 bits per heavy atom. The number of rotatable bonds is 7. The van der Waals surface area contributed by atoms with Gasteiger partial charge in [0.25, 0.3) is 0 Å². The molecule has 2 N–H and O–H groups in total. The summed E-state index contributed by atoms with van der Waals surface area (Å²) < 4.78 is 11.4. The van der Waals surface area contributed by atoms with Crippen molar-refractivity contribution in [3.63, 3.8) is 0 Å². The number of fused-ring (bicyclic) bond motifs is 1. The zero-order valence-corrected chi connectivity index (χ0v) is 18.9. The molecule has 5 nitrogen and oxygen atoms in total. The van der Waals surface area contributed by atoms with Crippen LogP contribution in [-0.2, 0) is 6.42 Å². The van der Waals surface area contributed by atoms with E-state index >= 15 is 0 Å². The van der Waals surface area contributed by atoms with E-state index in [0.29, 0.717) is 0 Å². The van der Waals surface area contributed by atoms with E-state index in [2.05, 4.69) is 40.7 Å². The molecule has 152 valence electrons. The van der Waals surface area contributed by atoms with E-state index in [1.165, 1.54) is 11.1 Å². The number of para-hydroxylation sites is 1. The largest absolute Gasteiger partial charge is 0.494 e. The van der Waals surface area contributed by atoms with E-state index in [9.17, 15) is 0 Å². The molecule has 2 aromatic carbocycles. The van der Waals surface area contributed by atoms with Crippen molar-refractivity contribution in [2.45, 2.75) is 32.2 Å². The first-order valence-electron chi connectivity index (χ1n) is 9.70. The third kappa shape index (κ3) is 6.29. The highest BCUT2D eigenvalue weighted by atomic mass is 127. The fourth-order valence-corrected chi connectivity index (χ4v) is 3.19. The number of aliphatic imine (C=N–C) groups is 1. The van der Waals surface area contributed by atoms with Gasteiger partial charge >= 0.3 is 0 Å². The van der Waals surface area contributed by atoms with Crippen molar-refractivity contribution in [3.8, 4) is 11.5 Å². The molecule has 1 aliphatic rings. The van der Waals surface area contributed by atoms with Crippen molar-refractivity contribution in [3.05, 3.63) is 59.7 Å². The van der Waals surface area contributed by atoms with Crippen LogP contribution in [0, 0.1) is 0 Å². The van der Waals surface area contributed by atoms with Crippen molar-refractivity contribution in [2.24, 2.45) is 4.99 Å². The van der Waals surface area contributed by atoms with E-state index in [1.54, 1.807) is 7.05 Å². The van der Waals surface area contributed by atoms with Gasteiger partial charge in [0, 0.05) is 25.6 Å². The standard InChI is InChI=1S/C22H29N3O2.HI/c1-3-14-26-18-8-6-7-17(16-18)11-13-24-22(23-2)25-20-12-15-27-21-10-5-4-9-19(20)21;/h4-10,16,20H,3,11-15H2,1-2H3,(H2,23,24,25);1H. The lowest BCUT2D eigenvalue weighted by Gasteiger charge is -2.28. The molecule has 0 fully saturated rings. The minimum absolute atomic E-state index is 0. The first-order valence-corrected chi connectivity index (χ1v) is 9.70. The monoisotopic (exact) mass is 495 g/mol. The molecular weight excluding hydrogens is 465 g/mol. The summed E-state index contributed by atoms with van der Waals surface area (Å²) in [5, 5.41) is 6.94. The second-order valence-corrected chi connectivity index (χ2v) is 6.62. The highest BCUT2D eigenvalue weighted by Crippen LogP contribution is 2.31. The van der Waals surface area contributed by atoms with Crippen molar-refractivity contribution in [1.82, 2.24) is 10.6 Å². The summed E-state index contributed by atoms with van der Waals surface area (Å²) in [6.07, 6.45) is 2.85. The quantitative estimate of drug-likeness (QED) is 0.341. The molecule has 1 unspecified atom stereocenters. The van der Waals surface area contributed by atoms with Crippen LogP contribution in [0.25, 0.3) is 0 Å². The van der Waals surface area contributed by atoms with Gasteiger partial charge in [0.1, 0.15) is 11.5 Å². The molecule has 0 amide bonds. The van der Waals surface area contributed by atoms with Gasteiger partial charge in [0.05, 0.1) is 19.3 Å². The van der Waals surface area contributed by atoms with Crippen LogP contribution in [0.15, 0.2) is 53.5 Å². The maximum Gasteiger partial charge on any atom is 0.191 e. The molecule has 1 atom stereocenters. The topological polar surface area (TPSA) is 54.9 Å². The number of hydrogen-bond acceptors (Lipinski definition) is 3. The number of guanidine groups is 1. The minimum Gasteiger partial charge on any atom is -0.494 e. The van der Waals surface area contributed by atoms with Gasteiger partial charge in [-0.25, -0.2) is 0 Å².